The zero-order chi connectivity index (χ0) is 19.6. The van der Waals surface area contributed by atoms with Crippen LogP contribution >= 0.6 is 39.3 Å². The van der Waals surface area contributed by atoms with E-state index in [1.807, 2.05) is 6.07 Å². The van der Waals surface area contributed by atoms with Crippen LogP contribution in [0, 0.1) is 5.82 Å². The van der Waals surface area contributed by atoms with E-state index in [-0.39, 0.29) is 18.3 Å². The smallest absolute Gasteiger partial charge is 0.266 e. The number of amidine groups is 1. The van der Waals surface area contributed by atoms with Gasteiger partial charge in [0.1, 0.15) is 12.4 Å². The first kappa shape index (κ1) is 19.9. The van der Waals surface area contributed by atoms with Gasteiger partial charge in [-0.05, 0) is 69.2 Å². The largest absolute Gasteiger partial charge is 0.486 e. The Morgan fingerprint density at radius 1 is 1.37 bits per heavy atom. The van der Waals surface area contributed by atoms with Crippen molar-refractivity contribution in [2.45, 2.75) is 6.61 Å². The van der Waals surface area contributed by atoms with E-state index in [2.05, 4.69) is 20.9 Å². The third-order valence-corrected chi connectivity index (χ3v) is 5.81. The Balaban J connectivity index is 1.81. The highest BCUT2D eigenvalue weighted by molar-refractivity contribution is 9.10. The number of halogens is 3. The van der Waals surface area contributed by atoms with Gasteiger partial charge in [0.05, 0.1) is 14.4 Å². The summed E-state index contributed by atoms with van der Waals surface area (Å²) in [4.78, 5) is 18.4. The summed E-state index contributed by atoms with van der Waals surface area (Å²) in [5.74, 6) is 0.0302. The molecule has 0 atom stereocenters. The van der Waals surface area contributed by atoms with E-state index in [1.165, 1.54) is 28.8 Å². The van der Waals surface area contributed by atoms with Gasteiger partial charge >= 0.3 is 0 Å². The summed E-state index contributed by atoms with van der Waals surface area (Å²) in [6.07, 6.45) is 1.76. The van der Waals surface area contributed by atoms with Crippen molar-refractivity contribution in [2.24, 2.45) is 4.99 Å². The molecule has 4 nitrogen and oxygen atoms in total. The zero-order valence-electron chi connectivity index (χ0n) is 14.5. The number of likely N-dealkylation sites (N-methyl/N-ethyl adjacent to an activating group) is 1. The van der Waals surface area contributed by atoms with E-state index in [1.54, 1.807) is 38.4 Å². The van der Waals surface area contributed by atoms with Gasteiger partial charge in [-0.25, -0.2) is 4.39 Å². The van der Waals surface area contributed by atoms with E-state index < -0.39 is 0 Å². The second-order valence-electron chi connectivity index (χ2n) is 5.71. The molecule has 0 radical (unpaired) electrons. The van der Waals surface area contributed by atoms with Crippen LogP contribution in [0.3, 0.4) is 0 Å². The molecular weight excluding hydrogens is 455 g/mol. The molecule has 0 aliphatic carbocycles. The molecule has 1 heterocycles. The lowest BCUT2D eigenvalue weighted by Crippen LogP contribution is -2.23. The summed E-state index contributed by atoms with van der Waals surface area (Å²) in [5, 5.41) is 1.03. The molecule has 8 heteroatoms. The standard InChI is InChI=1S/C19H15BrClFN2O2S/c1-23-19-24(2)18(25)16(27-19)9-12-7-14(20)17(15(21)8-12)26-10-11-4-3-5-13(22)6-11/h3-9H,10H2,1-2H3/b16-9-,23-19?. The van der Waals surface area contributed by atoms with Crippen molar-refractivity contribution >= 4 is 56.4 Å². The quantitative estimate of drug-likeness (QED) is 0.567. The van der Waals surface area contributed by atoms with Crippen LogP contribution in [0.4, 0.5) is 4.39 Å². The number of amides is 1. The predicted molar refractivity (Wildman–Crippen MR) is 112 cm³/mol. The third-order valence-electron chi connectivity index (χ3n) is 3.79. The summed E-state index contributed by atoms with van der Waals surface area (Å²) in [7, 11) is 3.33. The van der Waals surface area contributed by atoms with Crippen molar-refractivity contribution < 1.29 is 13.9 Å². The average molecular weight is 470 g/mol. The Kier molecular flexibility index (Phi) is 6.24. The van der Waals surface area contributed by atoms with E-state index in [0.717, 1.165) is 5.56 Å². The number of thioether (sulfide) groups is 1. The highest BCUT2D eigenvalue weighted by Gasteiger charge is 2.29. The second kappa shape index (κ2) is 8.46. The van der Waals surface area contributed by atoms with Gasteiger partial charge in [-0.15, -0.1) is 0 Å². The lowest BCUT2D eigenvalue weighted by atomic mass is 10.2. The highest BCUT2D eigenvalue weighted by atomic mass is 79.9. The summed E-state index contributed by atoms with van der Waals surface area (Å²) < 4.78 is 19.7. The van der Waals surface area contributed by atoms with Crippen LogP contribution in [0.2, 0.25) is 5.02 Å². The maximum absolute atomic E-state index is 13.3. The van der Waals surface area contributed by atoms with Crippen LogP contribution in [0.15, 0.2) is 50.8 Å². The van der Waals surface area contributed by atoms with Gasteiger partial charge in [0, 0.05) is 14.1 Å². The van der Waals surface area contributed by atoms with Crippen LogP contribution in [0.1, 0.15) is 11.1 Å². The number of hydrogen-bond donors (Lipinski definition) is 0. The first-order valence-corrected chi connectivity index (χ1v) is 9.88. The minimum atomic E-state index is -0.318. The van der Waals surface area contributed by atoms with E-state index in [4.69, 9.17) is 16.3 Å². The van der Waals surface area contributed by atoms with Crippen molar-refractivity contribution in [1.82, 2.24) is 4.90 Å². The molecule has 1 amide bonds. The summed E-state index contributed by atoms with van der Waals surface area (Å²) >= 11 is 11.1. The molecule has 2 aromatic carbocycles. The van der Waals surface area contributed by atoms with Crippen molar-refractivity contribution in [3.8, 4) is 5.75 Å². The topological polar surface area (TPSA) is 41.9 Å². The van der Waals surface area contributed by atoms with Gasteiger partial charge in [-0.2, -0.15) is 0 Å². The van der Waals surface area contributed by atoms with Gasteiger partial charge in [-0.3, -0.25) is 14.7 Å². The fourth-order valence-electron chi connectivity index (χ4n) is 2.48. The van der Waals surface area contributed by atoms with Crippen molar-refractivity contribution in [1.29, 1.82) is 0 Å². The van der Waals surface area contributed by atoms with Gasteiger partial charge < -0.3 is 4.74 Å². The van der Waals surface area contributed by atoms with Crippen molar-refractivity contribution in [3.63, 3.8) is 0 Å². The molecule has 3 rings (SSSR count). The van der Waals surface area contributed by atoms with E-state index >= 15 is 0 Å². The Morgan fingerprint density at radius 3 is 2.78 bits per heavy atom. The normalized spacial score (nSPS) is 17.2. The van der Waals surface area contributed by atoms with Gasteiger partial charge in [0.15, 0.2) is 10.9 Å². The van der Waals surface area contributed by atoms with Crippen LogP contribution in [0.25, 0.3) is 6.08 Å². The van der Waals surface area contributed by atoms with Gasteiger partial charge in [0.25, 0.3) is 5.91 Å². The van der Waals surface area contributed by atoms with Gasteiger partial charge in [-0.1, -0.05) is 23.7 Å². The van der Waals surface area contributed by atoms with Crippen LogP contribution < -0.4 is 4.74 Å². The Morgan fingerprint density at radius 2 is 2.15 bits per heavy atom. The predicted octanol–water partition coefficient (Wildman–Crippen LogP) is 5.35. The molecule has 1 saturated heterocycles. The minimum absolute atomic E-state index is 0.112. The molecule has 1 fully saturated rings. The zero-order valence-corrected chi connectivity index (χ0v) is 17.7. The molecule has 1 aliphatic heterocycles. The third kappa shape index (κ3) is 4.54. The SMILES string of the molecule is CN=C1S/C(=C\c2cc(Cl)c(OCc3cccc(F)c3)c(Br)c2)C(=O)N1C. The monoisotopic (exact) mass is 468 g/mol. The number of nitrogens with zero attached hydrogens (tertiary/aromatic N) is 2. The molecule has 1 aliphatic rings. The number of rotatable bonds is 4. The number of benzene rings is 2. The molecule has 0 aromatic heterocycles. The Labute approximate surface area is 174 Å². The molecule has 0 spiro atoms. The Hall–Kier alpha value is -1.83. The van der Waals surface area contributed by atoms with Gasteiger partial charge in [0.2, 0.25) is 0 Å². The lowest BCUT2D eigenvalue weighted by molar-refractivity contribution is -0.121. The van der Waals surface area contributed by atoms with Crippen LogP contribution in [0.5, 0.6) is 5.75 Å². The molecule has 0 bridgehead atoms. The molecule has 0 saturated carbocycles. The fourth-order valence-corrected chi connectivity index (χ4v) is 4.40. The fraction of sp³-hybridized carbons (Fsp3) is 0.158. The number of hydrogen-bond acceptors (Lipinski definition) is 4. The maximum Gasteiger partial charge on any atom is 0.266 e. The lowest BCUT2D eigenvalue weighted by Gasteiger charge is -2.11. The molecule has 140 valence electrons. The maximum atomic E-state index is 13.3. The number of ether oxygens (including phenoxy) is 1. The average Bonchev–Trinajstić information content (AvgIpc) is 2.89. The van der Waals surface area contributed by atoms with E-state index in [0.29, 0.717) is 30.9 Å². The van der Waals surface area contributed by atoms with Crippen molar-refractivity contribution in [3.05, 3.63) is 67.7 Å². The van der Waals surface area contributed by atoms with E-state index in [9.17, 15) is 9.18 Å². The highest BCUT2D eigenvalue weighted by Crippen LogP contribution is 2.37. The Bertz CT molecular complexity index is 941. The molecule has 0 N–H and O–H groups in total. The first-order valence-electron chi connectivity index (χ1n) is 7.89. The van der Waals surface area contributed by atoms with Crippen LogP contribution in [-0.2, 0) is 11.4 Å². The molecular formula is C19H15BrClFN2O2S. The molecule has 0 unspecified atom stereocenters. The summed E-state index contributed by atoms with van der Waals surface area (Å²) in [5.41, 5.74) is 1.46. The number of aliphatic imine (C=N–C) groups is 1. The van der Waals surface area contributed by atoms with Crippen LogP contribution in [-0.4, -0.2) is 30.1 Å². The summed E-state index contributed by atoms with van der Waals surface area (Å²) in [6, 6.07) is 9.72. The minimum Gasteiger partial charge on any atom is -0.486 e. The number of carbonyl (C=O) groups is 1. The number of carbonyl (C=O) groups excluding carboxylic acids is 1. The first-order chi connectivity index (χ1) is 12.9. The second-order valence-corrected chi connectivity index (χ2v) is 7.98. The molecule has 27 heavy (non-hydrogen) atoms. The molecule has 2 aromatic rings. The summed E-state index contributed by atoms with van der Waals surface area (Å²) in [6.45, 7) is 0.186. The van der Waals surface area contributed by atoms with Crippen molar-refractivity contribution in [2.75, 3.05) is 14.1 Å².